The number of hydrazone groups is 1. The largest absolute Gasteiger partial charge is 0.339 e. The molecule has 0 radical (unpaired) electrons. The SMILES string of the molecule is C/C(=N/NC(=O)Nc1ccccc1)c1ccc(Cl)cc1. The maximum atomic E-state index is 11.7. The average molecular weight is 288 g/mol. The van der Waals surface area contributed by atoms with Gasteiger partial charge in [-0.3, -0.25) is 0 Å². The van der Waals surface area contributed by atoms with E-state index in [1.54, 1.807) is 24.3 Å². The second-order valence-electron chi connectivity index (χ2n) is 4.14. The minimum Gasteiger partial charge on any atom is -0.307 e. The molecule has 0 heterocycles. The van der Waals surface area contributed by atoms with Gasteiger partial charge in [0.15, 0.2) is 0 Å². The van der Waals surface area contributed by atoms with E-state index < -0.39 is 0 Å². The molecule has 0 aromatic heterocycles. The van der Waals surface area contributed by atoms with Crippen LogP contribution in [0.25, 0.3) is 0 Å². The summed E-state index contributed by atoms with van der Waals surface area (Å²) in [7, 11) is 0. The van der Waals surface area contributed by atoms with Gasteiger partial charge in [0.1, 0.15) is 0 Å². The number of para-hydroxylation sites is 1. The molecule has 0 aliphatic carbocycles. The molecule has 20 heavy (non-hydrogen) atoms. The van der Waals surface area contributed by atoms with Crippen molar-refractivity contribution in [1.82, 2.24) is 5.43 Å². The van der Waals surface area contributed by atoms with Crippen molar-refractivity contribution in [2.45, 2.75) is 6.92 Å². The van der Waals surface area contributed by atoms with E-state index in [0.717, 1.165) is 5.56 Å². The standard InChI is InChI=1S/C15H14ClN3O/c1-11(12-7-9-13(16)10-8-12)18-19-15(20)17-14-5-3-2-4-6-14/h2-10H,1H3,(H2,17,19,20)/b18-11-. The number of nitrogens with zero attached hydrogens (tertiary/aromatic N) is 1. The fraction of sp³-hybridized carbons (Fsp3) is 0.0667. The van der Waals surface area contributed by atoms with Crippen LogP contribution in [0.2, 0.25) is 5.02 Å². The number of anilines is 1. The zero-order valence-corrected chi connectivity index (χ0v) is 11.7. The van der Waals surface area contributed by atoms with Gasteiger partial charge in [-0.2, -0.15) is 5.10 Å². The molecule has 2 N–H and O–H groups in total. The van der Waals surface area contributed by atoms with Crippen molar-refractivity contribution in [3.05, 3.63) is 65.2 Å². The summed E-state index contributed by atoms with van der Waals surface area (Å²) in [6, 6.07) is 16.0. The van der Waals surface area contributed by atoms with E-state index in [-0.39, 0.29) is 6.03 Å². The van der Waals surface area contributed by atoms with Crippen LogP contribution in [-0.2, 0) is 0 Å². The summed E-state index contributed by atoms with van der Waals surface area (Å²) >= 11 is 5.81. The third kappa shape index (κ3) is 4.10. The predicted molar refractivity (Wildman–Crippen MR) is 82.3 cm³/mol. The second-order valence-corrected chi connectivity index (χ2v) is 4.57. The van der Waals surface area contributed by atoms with Crippen molar-refractivity contribution in [2.24, 2.45) is 5.10 Å². The highest BCUT2D eigenvalue weighted by molar-refractivity contribution is 6.30. The molecule has 0 unspecified atom stereocenters. The number of benzene rings is 2. The van der Waals surface area contributed by atoms with E-state index >= 15 is 0 Å². The maximum Gasteiger partial charge on any atom is 0.339 e. The lowest BCUT2D eigenvalue weighted by atomic mass is 10.1. The van der Waals surface area contributed by atoms with Crippen LogP contribution in [0.15, 0.2) is 59.7 Å². The molecule has 0 fully saturated rings. The van der Waals surface area contributed by atoms with Crippen molar-refractivity contribution < 1.29 is 4.79 Å². The van der Waals surface area contributed by atoms with Gasteiger partial charge < -0.3 is 5.32 Å². The van der Waals surface area contributed by atoms with Gasteiger partial charge in [0.05, 0.1) is 5.71 Å². The van der Waals surface area contributed by atoms with Crippen molar-refractivity contribution in [3.8, 4) is 0 Å². The van der Waals surface area contributed by atoms with Crippen LogP contribution >= 0.6 is 11.6 Å². The average Bonchev–Trinajstić information content (AvgIpc) is 2.46. The van der Waals surface area contributed by atoms with E-state index in [0.29, 0.717) is 16.4 Å². The van der Waals surface area contributed by atoms with Crippen LogP contribution < -0.4 is 10.7 Å². The van der Waals surface area contributed by atoms with Crippen molar-refractivity contribution in [1.29, 1.82) is 0 Å². The van der Waals surface area contributed by atoms with Gasteiger partial charge in [-0.15, -0.1) is 0 Å². The first kappa shape index (κ1) is 14.1. The minimum atomic E-state index is -0.385. The third-order valence-electron chi connectivity index (χ3n) is 2.62. The van der Waals surface area contributed by atoms with Crippen LogP contribution in [0.3, 0.4) is 0 Å². The summed E-state index contributed by atoms with van der Waals surface area (Å²) in [5.74, 6) is 0. The molecule has 2 amide bonds. The van der Waals surface area contributed by atoms with Gasteiger partial charge in [0.2, 0.25) is 0 Å². The van der Waals surface area contributed by atoms with Gasteiger partial charge in [0.25, 0.3) is 0 Å². The first-order valence-corrected chi connectivity index (χ1v) is 6.45. The van der Waals surface area contributed by atoms with Gasteiger partial charge in [-0.05, 0) is 36.8 Å². The van der Waals surface area contributed by atoms with Gasteiger partial charge in [-0.25, -0.2) is 10.2 Å². The summed E-state index contributed by atoms with van der Waals surface area (Å²) in [6.07, 6.45) is 0. The molecule has 0 aliphatic rings. The van der Waals surface area contributed by atoms with E-state index in [1.165, 1.54) is 0 Å². The van der Waals surface area contributed by atoms with Crippen molar-refractivity contribution in [2.75, 3.05) is 5.32 Å². The lowest BCUT2D eigenvalue weighted by Gasteiger charge is -2.05. The molecule has 2 rings (SSSR count). The summed E-state index contributed by atoms with van der Waals surface area (Å²) in [5.41, 5.74) is 4.76. The zero-order chi connectivity index (χ0) is 14.4. The number of rotatable bonds is 3. The summed E-state index contributed by atoms with van der Waals surface area (Å²) in [5, 5.41) is 7.37. The molecular weight excluding hydrogens is 274 g/mol. The zero-order valence-electron chi connectivity index (χ0n) is 10.9. The fourth-order valence-corrected chi connectivity index (χ4v) is 1.70. The van der Waals surface area contributed by atoms with Crippen LogP contribution in [0.5, 0.6) is 0 Å². The monoisotopic (exact) mass is 287 g/mol. The lowest BCUT2D eigenvalue weighted by Crippen LogP contribution is -2.25. The van der Waals surface area contributed by atoms with E-state index in [2.05, 4.69) is 15.8 Å². The number of halogens is 1. The molecule has 2 aromatic rings. The Kier molecular flexibility index (Phi) is 4.74. The van der Waals surface area contributed by atoms with Crippen molar-refractivity contribution >= 4 is 29.0 Å². The lowest BCUT2D eigenvalue weighted by molar-refractivity contribution is 0.252. The highest BCUT2D eigenvalue weighted by Gasteiger charge is 2.01. The first-order chi connectivity index (χ1) is 9.65. The van der Waals surface area contributed by atoms with Crippen LogP contribution in [-0.4, -0.2) is 11.7 Å². The minimum absolute atomic E-state index is 0.385. The van der Waals surface area contributed by atoms with Gasteiger partial charge in [-0.1, -0.05) is 41.9 Å². The highest BCUT2D eigenvalue weighted by Crippen LogP contribution is 2.10. The second kappa shape index (κ2) is 6.73. The number of nitrogens with one attached hydrogen (secondary N) is 2. The molecule has 0 atom stereocenters. The predicted octanol–water partition coefficient (Wildman–Crippen LogP) is 3.89. The van der Waals surface area contributed by atoms with Crippen LogP contribution in [0.1, 0.15) is 12.5 Å². The maximum absolute atomic E-state index is 11.7. The molecule has 5 heteroatoms. The molecule has 4 nitrogen and oxygen atoms in total. The topological polar surface area (TPSA) is 53.5 Å². The highest BCUT2D eigenvalue weighted by atomic mass is 35.5. The number of hydrogen-bond donors (Lipinski definition) is 2. The Morgan fingerprint density at radius 1 is 1.05 bits per heavy atom. The molecule has 2 aromatic carbocycles. The molecule has 0 saturated heterocycles. The van der Waals surface area contributed by atoms with Gasteiger partial charge >= 0.3 is 6.03 Å². The quantitative estimate of drug-likeness (QED) is 0.653. The van der Waals surface area contributed by atoms with E-state index in [4.69, 9.17) is 11.6 Å². The smallest absolute Gasteiger partial charge is 0.307 e. The Bertz CT molecular complexity index is 609. The molecule has 0 saturated carbocycles. The molecule has 102 valence electrons. The summed E-state index contributed by atoms with van der Waals surface area (Å²) < 4.78 is 0. The molecule has 0 aliphatic heterocycles. The van der Waals surface area contributed by atoms with Crippen LogP contribution in [0.4, 0.5) is 10.5 Å². The number of urea groups is 1. The molecule has 0 spiro atoms. The number of carbonyl (C=O) groups is 1. The summed E-state index contributed by atoms with van der Waals surface area (Å²) in [4.78, 5) is 11.7. The fourth-order valence-electron chi connectivity index (χ4n) is 1.57. The Labute approximate surface area is 122 Å². The van der Waals surface area contributed by atoms with E-state index in [9.17, 15) is 4.79 Å². The number of carbonyl (C=O) groups excluding carboxylic acids is 1. The Balaban J connectivity index is 1.95. The summed E-state index contributed by atoms with van der Waals surface area (Å²) in [6.45, 7) is 1.81. The van der Waals surface area contributed by atoms with Gasteiger partial charge in [0, 0.05) is 10.7 Å². The normalized spacial score (nSPS) is 11.0. The molecular formula is C15H14ClN3O. The Morgan fingerprint density at radius 3 is 2.35 bits per heavy atom. The Morgan fingerprint density at radius 2 is 1.70 bits per heavy atom. The van der Waals surface area contributed by atoms with Crippen molar-refractivity contribution in [3.63, 3.8) is 0 Å². The number of amides is 2. The molecule has 0 bridgehead atoms. The third-order valence-corrected chi connectivity index (χ3v) is 2.87. The van der Waals surface area contributed by atoms with E-state index in [1.807, 2.05) is 37.3 Å². The number of hydrogen-bond acceptors (Lipinski definition) is 2. The Hall–Kier alpha value is -2.33. The van der Waals surface area contributed by atoms with Crippen LogP contribution in [0, 0.1) is 0 Å². The first-order valence-electron chi connectivity index (χ1n) is 6.07.